The van der Waals surface area contributed by atoms with Gasteiger partial charge >= 0.3 is 0 Å². The van der Waals surface area contributed by atoms with E-state index >= 15 is 0 Å². The number of aromatic nitrogens is 5. The fraction of sp³-hybridized carbons (Fsp3) is 0.421. The third-order valence-corrected chi connectivity index (χ3v) is 5.98. The van der Waals surface area contributed by atoms with E-state index in [-0.39, 0.29) is 12.2 Å². The van der Waals surface area contributed by atoms with Crippen LogP contribution in [-0.4, -0.2) is 75.7 Å². The minimum Gasteiger partial charge on any atom is -0.508 e. The lowest BCUT2D eigenvalue weighted by molar-refractivity contribution is -0.0253. The predicted molar refractivity (Wildman–Crippen MR) is 115 cm³/mol. The third-order valence-electron chi connectivity index (χ3n) is 4.93. The molecule has 0 radical (unpaired) electrons. The van der Waals surface area contributed by atoms with Crippen molar-refractivity contribution in [3.63, 3.8) is 0 Å². The summed E-state index contributed by atoms with van der Waals surface area (Å²) >= 11 is 1.46. The summed E-state index contributed by atoms with van der Waals surface area (Å²) < 4.78 is 1.42. The minimum atomic E-state index is -1.26. The van der Waals surface area contributed by atoms with Crippen LogP contribution in [-0.2, 0) is 0 Å². The van der Waals surface area contributed by atoms with E-state index < -0.39 is 24.4 Å². The first-order valence-corrected chi connectivity index (χ1v) is 10.8. The van der Waals surface area contributed by atoms with Gasteiger partial charge in [0.25, 0.3) is 0 Å². The summed E-state index contributed by atoms with van der Waals surface area (Å²) in [6.07, 6.45) is -0.918. The SMILES string of the molecule is CCCSc1nc(N/N=C/c2cccc(O)c2)c2nnn([C@@H]3C[C@H](O)[C@@H](O)[C@H]3O)c2n1. The maximum atomic E-state index is 10.3. The number of aromatic hydroxyl groups is 1. The Bertz CT molecular complexity index is 1090. The van der Waals surface area contributed by atoms with Gasteiger partial charge in [0.2, 0.25) is 0 Å². The maximum Gasteiger partial charge on any atom is 0.191 e. The first kappa shape index (κ1) is 21.4. The first-order valence-electron chi connectivity index (χ1n) is 9.86. The molecule has 1 saturated carbocycles. The lowest BCUT2D eigenvalue weighted by Crippen LogP contribution is -2.31. The van der Waals surface area contributed by atoms with Gasteiger partial charge in [0, 0.05) is 12.2 Å². The van der Waals surface area contributed by atoms with Gasteiger partial charge < -0.3 is 20.4 Å². The van der Waals surface area contributed by atoms with E-state index in [9.17, 15) is 20.4 Å². The predicted octanol–water partition coefficient (Wildman–Crippen LogP) is 0.902. The Labute approximate surface area is 181 Å². The molecule has 2 heterocycles. The molecular weight excluding hydrogens is 422 g/mol. The van der Waals surface area contributed by atoms with Crippen LogP contribution in [0.4, 0.5) is 5.82 Å². The molecule has 0 unspecified atom stereocenters. The number of hydrogen-bond acceptors (Lipinski definition) is 11. The Morgan fingerprint density at radius 1 is 1.26 bits per heavy atom. The Hall–Kier alpha value is -2.80. The number of phenolic OH excluding ortho intramolecular Hbond substituents is 1. The topological polar surface area (TPSA) is 162 Å². The molecule has 11 nitrogen and oxygen atoms in total. The fourth-order valence-corrected chi connectivity index (χ4v) is 4.06. The molecule has 4 rings (SSSR count). The van der Waals surface area contributed by atoms with Crippen LogP contribution in [0.25, 0.3) is 11.2 Å². The van der Waals surface area contributed by atoms with Crippen LogP contribution in [0.5, 0.6) is 5.75 Å². The molecule has 31 heavy (non-hydrogen) atoms. The fourth-order valence-electron chi connectivity index (χ4n) is 3.37. The number of thioether (sulfide) groups is 1. The van der Waals surface area contributed by atoms with E-state index in [1.807, 2.05) is 6.92 Å². The molecule has 0 bridgehead atoms. The van der Waals surface area contributed by atoms with Crippen LogP contribution in [0.1, 0.15) is 31.4 Å². The number of rotatable bonds is 7. The van der Waals surface area contributed by atoms with Crippen molar-refractivity contribution in [2.45, 2.75) is 49.3 Å². The standard InChI is InChI=1S/C19H23N7O4S/c1-2-6-31-19-21-17(24-20-9-10-4-3-5-11(27)7-10)14-18(22-19)26(25-23-14)12-8-13(28)16(30)15(12)29/h3-5,7,9,12-13,15-16,27-30H,2,6,8H2,1H3,(H,21,22,24)/b20-9+/t12-,13+,15+,16-/m1/s1. The highest BCUT2D eigenvalue weighted by Gasteiger charge is 2.43. The lowest BCUT2D eigenvalue weighted by atomic mass is 10.2. The Kier molecular flexibility index (Phi) is 6.32. The van der Waals surface area contributed by atoms with Crippen molar-refractivity contribution in [2.24, 2.45) is 5.10 Å². The average Bonchev–Trinajstić information content (AvgIpc) is 3.28. The molecule has 164 valence electrons. The summed E-state index contributed by atoms with van der Waals surface area (Å²) in [5, 5.41) is 52.7. The number of aliphatic hydroxyl groups excluding tert-OH is 3. The van der Waals surface area contributed by atoms with Crippen molar-refractivity contribution in [2.75, 3.05) is 11.2 Å². The molecule has 0 spiro atoms. The Morgan fingerprint density at radius 3 is 2.81 bits per heavy atom. The van der Waals surface area contributed by atoms with Gasteiger partial charge in [0.1, 0.15) is 18.0 Å². The van der Waals surface area contributed by atoms with Gasteiger partial charge in [-0.3, -0.25) is 5.43 Å². The molecule has 1 fully saturated rings. The van der Waals surface area contributed by atoms with Crippen molar-refractivity contribution in [1.29, 1.82) is 0 Å². The number of phenols is 1. The maximum absolute atomic E-state index is 10.3. The number of benzene rings is 1. The molecule has 2 aromatic heterocycles. The van der Waals surface area contributed by atoms with Crippen LogP contribution in [0.15, 0.2) is 34.5 Å². The summed E-state index contributed by atoms with van der Waals surface area (Å²) in [5.74, 6) is 1.27. The molecule has 4 atom stereocenters. The number of anilines is 1. The van der Waals surface area contributed by atoms with E-state index in [1.165, 1.54) is 22.7 Å². The van der Waals surface area contributed by atoms with Gasteiger partial charge in [0.05, 0.1) is 18.4 Å². The van der Waals surface area contributed by atoms with Crippen LogP contribution in [0, 0.1) is 0 Å². The summed E-state index contributed by atoms with van der Waals surface area (Å²) in [6, 6.07) is 5.97. The molecule has 0 aliphatic heterocycles. The van der Waals surface area contributed by atoms with Crippen LogP contribution in [0.3, 0.4) is 0 Å². The molecule has 1 aliphatic carbocycles. The van der Waals surface area contributed by atoms with E-state index in [1.54, 1.807) is 24.3 Å². The van der Waals surface area contributed by atoms with E-state index in [0.717, 1.165) is 12.2 Å². The highest BCUT2D eigenvalue weighted by Crippen LogP contribution is 2.33. The quantitative estimate of drug-likeness (QED) is 0.153. The van der Waals surface area contributed by atoms with E-state index in [2.05, 4.69) is 30.8 Å². The zero-order chi connectivity index (χ0) is 22.0. The summed E-state index contributed by atoms with van der Waals surface area (Å²) in [5.41, 5.74) is 4.26. The van der Waals surface area contributed by atoms with Gasteiger partial charge in [-0.1, -0.05) is 36.0 Å². The summed E-state index contributed by atoms with van der Waals surface area (Å²) in [6.45, 7) is 2.05. The van der Waals surface area contributed by atoms with Crippen molar-refractivity contribution in [3.05, 3.63) is 29.8 Å². The van der Waals surface area contributed by atoms with E-state index in [4.69, 9.17) is 0 Å². The smallest absolute Gasteiger partial charge is 0.191 e. The highest BCUT2D eigenvalue weighted by atomic mass is 32.2. The average molecular weight is 446 g/mol. The molecule has 0 saturated heterocycles. The van der Waals surface area contributed by atoms with Gasteiger partial charge in [-0.15, -0.1) is 5.10 Å². The molecular formula is C19H23N7O4S. The number of hydrazone groups is 1. The van der Waals surface area contributed by atoms with Gasteiger partial charge in [-0.05, 0) is 24.1 Å². The van der Waals surface area contributed by atoms with Crippen LogP contribution >= 0.6 is 11.8 Å². The van der Waals surface area contributed by atoms with Crippen LogP contribution in [0.2, 0.25) is 0 Å². The molecule has 5 N–H and O–H groups in total. The van der Waals surface area contributed by atoms with Crippen molar-refractivity contribution in [3.8, 4) is 5.75 Å². The number of nitrogens with one attached hydrogen (secondary N) is 1. The van der Waals surface area contributed by atoms with Gasteiger partial charge in [-0.25, -0.2) is 14.6 Å². The summed E-state index contributed by atoms with van der Waals surface area (Å²) in [7, 11) is 0. The summed E-state index contributed by atoms with van der Waals surface area (Å²) in [4.78, 5) is 9.01. The largest absolute Gasteiger partial charge is 0.508 e. The number of hydrogen-bond donors (Lipinski definition) is 5. The van der Waals surface area contributed by atoms with E-state index in [0.29, 0.717) is 27.7 Å². The van der Waals surface area contributed by atoms with Crippen molar-refractivity contribution in [1.82, 2.24) is 25.0 Å². The van der Waals surface area contributed by atoms with Crippen LogP contribution < -0.4 is 5.43 Å². The van der Waals surface area contributed by atoms with Crippen molar-refractivity contribution < 1.29 is 20.4 Å². The Balaban J connectivity index is 1.68. The molecule has 12 heteroatoms. The molecule has 1 aliphatic rings. The molecule has 1 aromatic carbocycles. The normalized spacial score (nSPS) is 23.7. The zero-order valence-corrected chi connectivity index (χ0v) is 17.5. The minimum absolute atomic E-state index is 0.126. The zero-order valence-electron chi connectivity index (χ0n) is 16.7. The molecule has 0 amide bonds. The molecule has 3 aromatic rings. The number of nitrogens with zero attached hydrogens (tertiary/aromatic N) is 6. The number of fused-ring (bicyclic) bond motifs is 1. The van der Waals surface area contributed by atoms with Gasteiger partial charge in [0.15, 0.2) is 22.1 Å². The first-order chi connectivity index (χ1) is 15.0. The third kappa shape index (κ3) is 4.46. The number of aliphatic hydroxyl groups is 3. The second kappa shape index (κ2) is 9.14. The second-order valence-corrected chi connectivity index (χ2v) is 8.29. The second-order valence-electron chi connectivity index (χ2n) is 7.23. The van der Waals surface area contributed by atoms with Gasteiger partial charge in [-0.2, -0.15) is 5.10 Å². The Morgan fingerprint density at radius 2 is 2.10 bits per heavy atom. The van der Waals surface area contributed by atoms with Crippen molar-refractivity contribution >= 4 is 35.0 Å². The monoisotopic (exact) mass is 445 g/mol. The highest BCUT2D eigenvalue weighted by molar-refractivity contribution is 7.99. The lowest BCUT2D eigenvalue weighted by Gasteiger charge is -2.16.